The van der Waals surface area contributed by atoms with E-state index in [1.54, 1.807) is 27.7 Å². The lowest BCUT2D eigenvalue weighted by Crippen LogP contribution is -2.44. The summed E-state index contributed by atoms with van der Waals surface area (Å²) >= 11 is 0. The minimum Gasteiger partial charge on any atom is -0.480 e. The number of carboxylic acid groups (broad SMARTS) is 1. The number of ether oxygens (including phenoxy) is 1. The third-order valence-electron chi connectivity index (χ3n) is 3.56. The van der Waals surface area contributed by atoms with E-state index >= 15 is 0 Å². The van der Waals surface area contributed by atoms with Crippen molar-refractivity contribution in [3.8, 4) is 0 Å². The molecule has 6 nitrogen and oxygen atoms in total. The van der Waals surface area contributed by atoms with Gasteiger partial charge in [-0.25, -0.2) is 4.79 Å². The molecule has 1 aliphatic rings. The highest BCUT2D eigenvalue weighted by molar-refractivity contribution is 6.04. The van der Waals surface area contributed by atoms with Crippen molar-refractivity contribution < 1.29 is 24.2 Å². The number of aliphatic carboxylic acids is 1. The minimum atomic E-state index is -1.36. The molecule has 1 saturated heterocycles. The molecule has 0 aliphatic carbocycles. The van der Waals surface area contributed by atoms with Crippen LogP contribution in [0.5, 0.6) is 0 Å². The lowest BCUT2D eigenvalue weighted by atomic mass is 9.77. The normalized spacial score (nSPS) is 24.2. The van der Waals surface area contributed by atoms with E-state index in [4.69, 9.17) is 4.74 Å². The maximum absolute atomic E-state index is 12.3. The Kier molecular flexibility index (Phi) is 4.78. The molecule has 6 heteroatoms. The van der Waals surface area contributed by atoms with Crippen molar-refractivity contribution in [2.45, 2.75) is 52.6 Å². The summed E-state index contributed by atoms with van der Waals surface area (Å²) in [5.41, 5.74) is -2.00. The highest BCUT2D eigenvalue weighted by Crippen LogP contribution is 2.32. The monoisotopic (exact) mass is 285 g/mol. The molecule has 1 amide bonds. The number of Topliss-reactive ketones (excluding diaryl/α,β-unsaturated/α-hetero) is 1. The first-order valence-corrected chi connectivity index (χ1v) is 6.87. The Hall–Kier alpha value is -1.59. The van der Waals surface area contributed by atoms with Gasteiger partial charge in [-0.2, -0.15) is 0 Å². The highest BCUT2D eigenvalue weighted by Gasteiger charge is 2.46. The summed E-state index contributed by atoms with van der Waals surface area (Å²) in [5, 5.41) is 9.34. The molecule has 0 spiro atoms. The topological polar surface area (TPSA) is 83.9 Å². The maximum Gasteiger partial charge on any atom is 0.410 e. The number of ketones is 1. The fourth-order valence-corrected chi connectivity index (χ4v) is 2.35. The predicted octanol–water partition coefficient (Wildman–Crippen LogP) is 2.07. The quantitative estimate of drug-likeness (QED) is 0.785. The van der Waals surface area contributed by atoms with E-state index in [0.717, 1.165) is 0 Å². The smallest absolute Gasteiger partial charge is 0.410 e. The van der Waals surface area contributed by atoms with Crippen LogP contribution in [0.2, 0.25) is 0 Å². The van der Waals surface area contributed by atoms with E-state index in [1.165, 1.54) is 4.90 Å². The second kappa shape index (κ2) is 5.81. The van der Waals surface area contributed by atoms with Crippen molar-refractivity contribution in [3.63, 3.8) is 0 Å². The standard InChI is InChI=1S/C14H23NO5/c1-5-14(11(17)18)7-6-8-15(9-10(14)16)12(19)20-13(2,3)4/h5-9H2,1-4H3,(H,17,18). The molecule has 20 heavy (non-hydrogen) atoms. The molecular formula is C14H23NO5. The molecule has 1 atom stereocenters. The average molecular weight is 285 g/mol. The van der Waals surface area contributed by atoms with Gasteiger partial charge in [0.15, 0.2) is 5.78 Å². The molecule has 1 heterocycles. The molecule has 0 aromatic carbocycles. The number of amides is 1. The van der Waals surface area contributed by atoms with Crippen molar-refractivity contribution in [1.82, 2.24) is 4.90 Å². The molecule has 1 rings (SSSR count). The van der Waals surface area contributed by atoms with Crippen LogP contribution < -0.4 is 0 Å². The molecule has 0 bridgehead atoms. The van der Waals surface area contributed by atoms with Crippen LogP contribution in [-0.4, -0.2) is 46.5 Å². The molecule has 0 saturated carbocycles. The van der Waals surface area contributed by atoms with Crippen molar-refractivity contribution in [3.05, 3.63) is 0 Å². The first kappa shape index (κ1) is 16.5. The van der Waals surface area contributed by atoms with Gasteiger partial charge in [0.05, 0.1) is 6.54 Å². The van der Waals surface area contributed by atoms with Gasteiger partial charge in [-0.15, -0.1) is 0 Å². The number of rotatable bonds is 2. The van der Waals surface area contributed by atoms with E-state index in [1.807, 2.05) is 0 Å². The van der Waals surface area contributed by atoms with E-state index in [-0.39, 0.29) is 19.4 Å². The summed E-state index contributed by atoms with van der Waals surface area (Å²) in [7, 11) is 0. The Morgan fingerprint density at radius 3 is 2.45 bits per heavy atom. The van der Waals surface area contributed by atoms with Crippen LogP contribution in [-0.2, 0) is 14.3 Å². The molecule has 1 unspecified atom stereocenters. The SMILES string of the molecule is CCC1(C(=O)O)CCCN(C(=O)OC(C)(C)C)CC1=O. The van der Waals surface area contributed by atoms with E-state index in [0.29, 0.717) is 13.0 Å². The molecular weight excluding hydrogens is 262 g/mol. The Balaban J connectivity index is 2.87. The second-order valence-corrected chi connectivity index (χ2v) is 6.17. The lowest BCUT2D eigenvalue weighted by Gasteiger charge is -2.27. The van der Waals surface area contributed by atoms with Crippen LogP contribution in [0.1, 0.15) is 47.0 Å². The van der Waals surface area contributed by atoms with Crippen LogP contribution in [0, 0.1) is 5.41 Å². The van der Waals surface area contributed by atoms with E-state index in [2.05, 4.69) is 0 Å². The zero-order valence-corrected chi connectivity index (χ0v) is 12.6. The van der Waals surface area contributed by atoms with Crippen LogP contribution in [0.4, 0.5) is 4.79 Å². The Bertz CT molecular complexity index is 412. The minimum absolute atomic E-state index is 0.199. The van der Waals surface area contributed by atoms with Gasteiger partial charge in [0.1, 0.15) is 11.0 Å². The van der Waals surface area contributed by atoms with Crippen molar-refractivity contribution in [1.29, 1.82) is 0 Å². The summed E-state index contributed by atoms with van der Waals surface area (Å²) in [6.45, 7) is 7.08. The van der Waals surface area contributed by atoms with E-state index in [9.17, 15) is 19.5 Å². The van der Waals surface area contributed by atoms with Gasteiger partial charge < -0.3 is 14.7 Å². The van der Waals surface area contributed by atoms with Gasteiger partial charge in [0, 0.05) is 6.54 Å². The summed E-state index contributed by atoms with van der Waals surface area (Å²) in [5.74, 6) is -1.52. The third kappa shape index (κ3) is 3.49. The summed E-state index contributed by atoms with van der Waals surface area (Å²) in [6, 6.07) is 0. The number of hydrogen-bond donors (Lipinski definition) is 1. The zero-order valence-electron chi connectivity index (χ0n) is 12.6. The summed E-state index contributed by atoms with van der Waals surface area (Å²) < 4.78 is 5.23. The Morgan fingerprint density at radius 1 is 1.40 bits per heavy atom. The first-order valence-electron chi connectivity index (χ1n) is 6.87. The average Bonchev–Trinajstić information content (AvgIpc) is 2.46. The number of carbonyl (C=O) groups is 3. The van der Waals surface area contributed by atoms with Crippen molar-refractivity contribution in [2.75, 3.05) is 13.1 Å². The fraction of sp³-hybridized carbons (Fsp3) is 0.786. The molecule has 0 radical (unpaired) electrons. The lowest BCUT2D eigenvalue weighted by molar-refractivity contribution is -0.155. The molecule has 1 N–H and O–H groups in total. The maximum atomic E-state index is 12.3. The third-order valence-corrected chi connectivity index (χ3v) is 3.56. The van der Waals surface area contributed by atoms with Gasteiger partial charge in [-0.05, 0) is 40.0 Å². The molecule has 1 fully saturated rings. The van der Waals surface area contributed by atoms with Gasteiger partial charge in [-0.3, -0.25) is 9.59 Å². The molecule has 1 aliphatic heterocycles. The van der Waals surface area contributed by atoms with Crippen LogP contribution in [0.3, 0.4) is 0 Å². The summed E-state index contributed by atoms with van der Waals surface area (Å²) in [4.78, 5) is 37.0. The fourth-order valence-electron chi connectivity index (χ4n) is 2.35. The molecule has 114 valence electrons. The highest BCUT2D eigenvalue weighted by atomic mass is 16.6. The summed E-state index contributed by atoms with van der Waals surface area (Å²) in [6.07, 6.45) is 0.411. The molecule has 0 aromatic rings. The number of hydrogen-bond acceptors (Lipinski definition) is 4. The van der Waals surface area contributed by atoms with Gasteiger partial charge >= 0.3 is 12.1 Å². The van der Waals surface area contributed by atoms with Crippen LogP contribution in [0.25, 0.3) is 0 Å². The Morgan fingerprint density at radius 2 is 2.00 bits per heavy atom. The van der Waals surface area contributed by atoms with E-state index < -0.39 is 28.9 Å². The number of likely N-dealkylation sites (tertiary alicyclic amines) is 1. The Labute approximate surface area is 119 Å². The predicted molar refractivity (Wildman–Crippen MR) is 72.4 cm³/mol. The van der Waals surface area contributed by atoms with Crippen molar-refractivity contribution >= 4 is 17.8 Å². The van der Waals surface area contributed by atoms with Gasteiger partial charge in [0.25, 0.3) is 0 Å². The number of nitrogens with zero attached hydrogens (tertiary/aromatic N) is 1. The zero-order chi connectivity index (χ0) is 15.6. The van der Waals surface area contributed by atoms with Gasteiger partial charge in [-0.1, -0.05) is 6.92 Å². The second-order valence-electron chi connectivity index (χ2n) is 6.17. The van der Waals surface area contributed by atoms with Crippen LogP contribution >= 0.6 is 0 Å². The van der Waals surface area contributed by atoms with Gasteiger partial charge in [0.2, 0.25) is 0 Å². The number of carboxylic acids is 1. The number of carbonyl (C=O) groups excluding carboxylic acids is 2. The molecule has 0 aromatic heterocycles. The van der Waals surface area contributed by atoms with Crippen LogP contribution in [0.15, 0.2) is 0 Å². The van der Waals surface area contributed by atoms with Crippen molar-refractivity contribution in [2.24, 2.45) is 5.41 Å². The first-order chi connectivity index (χ1) is 9.12. The largest absolute Gasteiger partial charge is 0.480 e.